The maximum atomic E-state index is 12.1. The number of anilines is 1. The van der Waals surface area contributed by atoms with Gasteiger partial charge in [-0.05, 0) is 36.4 Å². The fourth-order valence-electron chi connectivity index (χ4n) is 2.38. The number of benzene rings is 2. The minimum Gasteiger partial charge on any atom is -0.622 e. The number of rotatable bonds is 3. The van der Waals surface area contributed by atoms with E-state index in [4.69, 9.17) is 4.74 Å². The number of hydroxylamine groups is 1. The molecular weight excluding hydrogens is 252 g/mol. The predicted octanol–water partition coefficient (Wildman–Crippen LogP) is 2.47. The summed E-state index contributed by atoms with van der Waals surface area (Å²) < 4.78 is 6.20. The Balaban J connectivity index is 1.80. The van der Waals surface area contributed by atoms with E-state index in [1.807, 2.05) is 54.6 Å². The Labute approximate surface area is 118 Å². The molecular formula is C16H16N2O2. The van der Waals surface area contributed by atoms with E-state index in [2.05, 4.69) is 4.90 Å². The third-order valence-electron chi connectivity index (χ3n) is 3.49. The van der Waals surface area contributed by atoms with Crippen molar-refractivity contribution in [3.63, 3.8) is 0 Å². The second-order valence-corrected chi connectivity index (χ2v) is 4.73. The summed E-state index contributed by atoms with van der Waals surface area (Å²) in [5.74, 6) is 0.819. The lowest BCUT2D eigenvalue weighted by Gasteiger charge is -2.14. The fourth-order valence-corrected chi connectivity index (χ4v) is 2.38. The molecule has 4 heteroatoms. The molecule has 0 saturated heterocycles. The van der Waals surface area contributed by atoms with E-state index in [0.29, 0.717) is 13.2 Å². The summed E-state index contributed by atoms with van der Waals surface area (Å²) >= 11 is 0. The van der Waals surface area contributed by atoms with Crippen LogP contribution in [0, 0.1) is 5.21 Å². The second-order valence-electron chi connectivity index (χ2n) is 4.73. The van der Waals surface area contributed by atoms with Crippen molar-refractivity contribution >= 4 is 11.4 Å². The van der Waals surface area contributed by atoms with Gasteiger partial charge in [-0.3, -0.25) is 0 Å². The summed E-state index contributed by atoms with van der Waals surface area (Å²) in [4.78, 5) is 2.05. The Hall–Kier alpha value is -2.49. The van der Waals surface area contributed by atoms with Crippen molar-refractivity contribution in [3.05, 3.63) is 65.4 Å². The largest absolute Gasteiger partial charge is 0.622 e. The van der Waals surface area contributed by atoms with E-state index in [1.54, 1.807) is 7.11 Å². The molecule has 0 radical (unpaired) electrons. The molecule has 20 heavy (non-hydrogen) atoms. The first-order valence-electron chi connectivity index (χ1n) is 6.53. The molecule has 102 valence electrons. The smallest absolute Gasteiger partial charge is 0.229 e. The molecule has 0 aromatic heterocycles. The van der Waals surface area contributed by atoms with Gasteiger partial charge in [-0.25, -0.2) is 0 Å². The molecule has 0 bridgehead atoms. The van der Waals surface area contributed by atoms with Gasteiger partial charge in [-0.15, -0.1) is 0 Å². The summed E-state index contributed by atoms with van der Waals surface area (Å²) in [6.45, 7) is 0.983. The molecule has 0 atom stereocenters. The van der Waals surface area contributed by atoms with Gasteiger partial charge in [0.05, 0.1) is 7.11 Å². The first-order valence-corrected chi connectivity index (χ1v) is 6.53. The third kappa shape index (κ3) is 2.32. The summed E-state index contributed by atoms with van der Waals surface area (Å²) in [5, 5.41) is 12.1. The van der Waals surface area contributed by atoms with Crippen molar-refractivity contribution in [3.8, 4) is 5.75 Å². The Morgan fingerprint density at radius 2 is 1.75 bits per heavy atom. The Morgan fingerprint density at radius 3 is 2.40 bits per heavy atom. The van der Waals surface area contributed by atoms with Gasteiger partial charge in [0.25, 0.3) is 0 Å². The van der Waals surface area contributed by atoms with E-state index in [1.165, 1.54) is 0 Å². The van der Waals surface area contributed by atoms with Gasteiger partial charge in [0.2, 0.25) is 12.4 Å². The molecule has 0 aliphatic carbocycles. The van der Waals surface area contributed by atoms with Crippen LogP contribution in [0.25, 0.3) is 0 Å². The molecule has 3 rings (SSSR count). The first kappa shape index (κ1) is 12.5. The van der Waals surface area contributed by atoms with Gasteiger partial charge >= 0.3 is 0 Å². The molecule has 0 N–H and O–H groups in total. The van der Waals surface area contributed by atoms with E-state index in [0.717, 1.165) is 27.5 Å². The Kier molecular flexibility index (Phi) is 3.29. The lowest BCUT2D eigenvalue weighted by molar-refractivity contribution is -0.447. The SMILES string of the molecule is COc1ccc(N2CC(c3ccccc3)=[N+]([O-])C2)cc1. The Morgan fingerprint density at radius 1 is 1.05 bits per heavy atom. The molecule has 0 saturated carbocycles. The summed E-state index contributed by atoms with van der Waals surface area (Å²) in [6, 6.07) is 17.6. The third-order valence-corrected chi connectivity index (χ3v) is 3.49. The van der Waals surface area contributed by atoms with E-state index in [9.17, 15) is 5.21 Å². The topological polar surface area (TPSA) is 38.5 Å². The van der Waals surface area contributed by atoms with Crippen LogP contribution in [0.4, 0.5) is 5.69 Å². The van der Waals surface area contributed by atoms with Gasteiger partial charge in [-0.1, -0.05) is 18.2 Å². The maximum absolute atomic E-state index is 12.1. The zero-order chi connectivity index (χ0) is 13.9. The van der Waals surface area contributed by atoms with Gasteiger partial charge in [0, 0.05) is 11.3 Å². The van der Waals surface area contributed by atoms with Crippen molar-refractivity contribution in [1.29, 1.82) is 0 Å². The molecule has 2 aromatic carbocycles. The lowest BCUT2D eigenvalue weighted by Crippen LogP contribution is -2.23. The van der Waals surface area contributed by atoms with Crippen LogP contribution >= 0.6 is 0 Å². The van der Waals surface area contributed by atoms with Crippen molar-refractivity contribution in [2.45, 2.75) is 0 Å². The molecule has 0 fully saturated rings. The van der Waals surface area contributed by atoms with Crippen molar-refractivity contribution in [2.24, 2.45) is 0 Å². The van der Waals surface area contributed by atoms with Crippen LogP contribution in [-0.2, 0) is 0 Å². The molecule has 1 aliphatic heterocycles. The van der Waals surface area contributed by atoms with E-state index >= 15 is 0 Å². The minimum atomic E-state index is 0.358. The first-order chi connectivity index (χ1) is 9.78. The predicted molar refractivity (Wildman–Crippen MR) is 79.4 cm³/mol. The molecule has 1 aliphatic rings. The number of ether oxygens (including phenoxy) is 1. The van der Waals surface area contributed by atoms with E-state index < -0.39 is 0 Å². The highest BCUT2D eigenvalue weighted by molar-refractivity contribution is 6.01. The monoisotopic (exact) mass is 268 g/mol. The molecule has 1 heterocycles. The van der Waals surface area contributed by atoms with Gasteiger partial charge in [0.1, 0.15) is 12.3 Å². The quantitative estimate of drug-likeness (QED) is 0.634. The maximum Gasteiger partial charge on any atom is 0.229 e. The summed E-state index contributed by atoms with van der Waals surface area (Å²) in [6.07, 6.45) is 0. The van der Waals surface area contributed by atoms with Crippen molar-refractivity contribution in [1.82, 2.24) is 0 Å². The highest BCUT2D eigenvalue weighted by atomic mass is 16.5. The zero-order valence-corrected chi connectivity index (χ0v) is 11.3. The second kappa shape index (κ2) is 5.25. The molecule has 0 unspecified atom stereocenters. The standard InChI is InChI=1S/C16H16N2O2/c1-20-15-9-7-14(8-10-15)17-11-16(18(19)12-17)13-5-3-2-4-6-13/h2-10H,11-12H2,1H3. The summed E-state index contributed by atoms with van der Waals surface area (Å²) in [5.41, 5.74) is 2.82. The highest BCUT2D eigenvalue weighted by Gasteiger charge is 2.26. The van der Waals surface area contributed by atoms with E-state index in [-0.39, 0.29) is 0 Å². The molecule has 4 nitrogen and oxygen atoms in total. The van der Waals surface area contributed by atoms with Crippen LogP contribution in [0.5, 0.6) is 5.75 Å². The molecule has 0 spiro atoms. The number of hydrogen-bond acceptors (Lipinski definition) is 3. The normalized spacial score (nSPS) is 14.8. The van der Waals surface area contributed by atoms with Crippen molar-refractivity contribution in [2.75, 3.05) is 25.2 Å². The van der Waals surface area contributed by atoms with Gasteiger partial charge < -0.3 is 14.8 Å². The number of hydrogen-bond donors (Lipinski definition) is 0. The van der Waals surface area contributed by atoms with Crippen LogP contribution in [0.2, 0.25) is 0 Å². The van der Waals surface area contributed by atoms with Gasteiger partial charge in [0.15, 0.2) is 0 Å². The lowest BCUT2D eigenvalue weighted by atomic mass is 10.1. The van der Waals surface area contributed by atoms with Crippen molar-refractivity contribution < 1.29 is 9.48 Å². The van der Waals surface area contributed by atoms with Crippen LogP contribution < -0.4 is 9.64 Å². The van der Waals surface area contributed by atoms with Crippen LogP contribution in [0.3, 0.4) is 0 Å². The average Bonchev–Trinajstić information content (AvgIpc) is 2.90. The Bertz CT molecular complexity index is 621. The van der Waals surface area contributed by atoms with Crippen LogP contribution in [-0.4, -0.2) is 30.8 Å². The fraction of sp³-hybridized carbons (Fsp3) is 0.188. The van der Waals surface area contributed by atoms with Crippen LogP contribution in [0.15, 0.2) is 54.6 Å². The van der Waals surface area contributed by atoms with Gasteiger partial charge in [-0.2, -0.15) is 4.74 Å². The highest BCUT2D eigenvalue weighted by Crippen LogP contribution is 2.22. The molecule has 0 amide bonds. The summed E-state index contributed by atoms with van der Waals surface area (Å²) in [7, 11) is 1.64. The number of nitrogens with zero attached hydrogens (tertiary/aromatic N) is 2. The molecule has 2 aromatic rings. The minimum absolute atomic E-state index is 0.358. The average molecular weight is 268 g/mol. The van der Waals surface area contributed by atoms with Crippen LogP contribution in [0.1, 0.15) is 5.56 Å². The zero-order valence-electron chi connectivity index (χ0n) is 11.3. The number of methoxy groups -OCH3 is 1.